The zero-order valence-corrected chi connectivity index (χ0v) is 16.7. The minimum Gasteiger partial charge on any atom is -0.496 e. The standard InChI is InChI=1S/C22H26N2O4/c1-15(25)17-9-7-10-18(14-17)24-21(27)22(2,3)20(26)23-13-12-16-8-5-6-11-19(16)28-4/h5-11,14H,12-13H2,1-4H3,(H,23,26)(H,24,27). The summed E-state index contributed by atoms with van der Waals surface area (Å²) in [7, 11) is 1.60. The van der Waals surface area contributed by atoms with Crippen molar-refractivity contribution in [2.75, 3.05) is 19.0 Å². The van der Waals surface area contributed by atoms with E-state index in [9.17, 15) is 14.4 Å². The lowest BCUT2D eigenvalue weighted by Gasteiger charge is -2.23. The molecule has 0 unspecified atom stereocenters. The largest absolute Gasteiger partial charge is 0.496 e. The van der Waals surface area contributed by atoms with Gasteiger partial charge >= 0.3 is 0 Å². The Hall–Kier alpha value is -3.15. The summed E-state index contributed by atoms with van der Waals surface area (Å²) in [5, 5.41) is 5.52. The minimum atomic E-state index is -1.27. The van der Waals surface area contributed by atoms with E-state index in [1.165, 1.54) is 6.92 Å². The number of benzene rings is 2. The number of rotatable bonds is 8. The van der Waals surface area contributed by atoms with Crippen molar-refractivity contribution >= 4 is 23.3 Å². The first kappa shape index (κ1) is 21.2. The van der Waals surface area contributed by atoms with Gasteiger partial charge in [0, 0.05) is 17.8 Å². The van der Waals surface area contributed by atoms with Crippen molar-refractivity contribution in [3.05, 3.63) is 59.7 Å². The number of carbonyl (C=O) groups excluding carboxylic acids is 3. The van der Waals surface area contributed by atoms with Gasteiger partial charge in [-0.3, -0.25) is 14.4 Å². The second-order valence-corrected chi connectivity index (χ2v) is 7.03. The molecule has 0 aliphatic carbocycles. The summed E-state index contributed by atoms with van der Waals surface area (Å²) in [6.45, 7) is 4.97. The van der Waals surface area contributed by atoms with Crippen LogP contribution in [-0.2, 0) is 16.0 Å². The van der Waals surface area contributed by atoms with Crippen molar-refractivity contribution in [3.63, 3.8) is 0 Å². The Labute approximate surface area is 165 Å². The first-order chi connectivity index (χ1) is 13.3. The Morgan fingerprint density at radius 2 is 1.71 bits per heavy atom. The van der Waals surface area contributed by atoms with Gasteiger partial charge in [0.15, 0.2) is 5.78 Å². The molecule has 6 nitrogen and oxygen atoms in total. The predicted molar refractivity (Wildman–Crippen MR) is 109 cm³/mol. The molecule has 0 heterocycles. The van der Waals surface area contributed by atoms with E-state index in [1.54, 1.807) is 45.2 Å². The topological polar surface area (TPSA) is 84.5 Å². The molecule has 2 aromatic carbocycles. The van der Waals surface area contributed by atoms with Crippen LogP contribution in [0, 0.1) is 5.41 Å². The van der Waals surface area contributed by atoms with E-state index in [4.69, 9.17) is 4.74 Å². The van der Waals surface area contributed by atoms with Crippen molar-refractivity contribution in [2.45, 2.75) is 27.2 Å². The Morgan fingerprint density at radius 3 is 2.39 bits per heavy atom. The fraction of sp³-hybridized carbons (Fsp3) is 0.318. The van der Waals surface area contributed by atoms with Gasteiger partial charge in [-0.2, -0.15) is 0 Å². The van der Waals surface area contributed by atoms with Gasteiger partial charge in [0.25, 0.3) is 0 Å². The number of anilines is 1. The average Bonchev–Trinajstić information content (AvgIpc) is 2.68. The van der Waals surface area contributed by atoms with E-state index in [1.807, 2.05) is 24.3 Å². The molecule has 28 heavy (non-hydrogen) atoms. The van der Waals surface area contributed by atoms with Crippen LogP contribution in [-0.4, -0.2) is 31.3 Å². The molecule has 0 fully saturated rings. The van der Waals surface area contributed by atoms with Crippen LogP contribution in [0.2, 0.25) is 0 Å². The summed E-state index contributed by atoms with van der Waals surface area (Å²) >= 11 is 0. The van der Waals surface area contributed by atoms with Gasteiger partial charge in [-0.05, 0) is 51.0 Å². The SMILES string of the molecule is COc1ccccc1CCNC(=O)C(C)(C)C(=O)Nc1cccc(C(C)=O)c1. The molecule has 0 atom stereocenters. The fourth-order valence-electron chi connectivity index (χ4n) is 2.65. The van der Waals surface area contributed by atoms with Crippen LogP contribution < -0.4 is 15.4 Å². The molecule has 0 saturated carbocycles. The molecule has 2 aromatic rings. The van der Waals surface area contributed by atoms with Gasteiger partial charge in [-0.15, -0.1) is 0 Å². The third kappa shape index (κ3) is 5.19. The first-order valence-corrected chi connectivity index (χ1v) is 9.08. The smallest absolute Gasteiger partial charge is 0.239 e. The summed E-state index contributed by atoms with van der Waals surface area (Å²) in [6, 6.07) is 14.2. The number of ether oxygens (including phenoxy) is 1. The van der Waals surface area contributed by atoms with Crippen LogP contribution in [0.3, 0.4) is 0 Å². The molecule has 2 N–H and O–H groups in total. The van der Waals surface area contributed by atoms with Crippen LogP contribution in [0.4, 0.5) is 5.69 Å². The number of hydrogen-bond donors (Lipinski definition) is 2. The van der Waals surface area contributed by atoms with Crippen LogP contribution in [0.1, 0.15) is 36.7 Å². The monoisotopic (exact) mass is 382 g/mol. The summed E-state index contributed by atoms with van der Waals surface area (Å²) < 4.78 is 5.30. The van der Waals surface area contributed by atoms with Crippen molar-refractivity contribution in [2.24, 2.45) is 5.41 Å². The second-order valence-electron chi connectivity index (χ2n) is 7.03. The summed E-state index contributed by atoms with van der Waals surface area (Å²) in [6.07, 6.45) is 0.591. The minimum absolute atomic E-state index is 0.0931. The molecular formula is C22H26N2O4. The first-order valence-electron chi connectivity index (χ1n) is 9.08. The average molecular weight is 382 g/mol. The van der Waals surface area contributed by atoms with E-state index >= 15 is 0 Å². The lowest BCUT2D eigenvalue weighted by Crippen LogP contribution is -2.45. The predicted octanol–water partition coefficient (Wildman–Crippen LogP) is 3.22. The molecule has 148 valence electrons. The highest BCUT2D eigenvalue weighted by Gasteiger charge is 2.35. The molecule has 0 spiro atoms. The van der Waals surface area contributed by atoms with Crippen LogP contribution in [0.5, 0.6) is 5.75 Å². The third-order valence-electron chi connectivity index (χ3n) is 4.53. The number of nitrogens with one attached hydrogen (secondary N) is 2. The van der Waals surface area contributed by atoms with Gasteiger partial charge in [-0.25, -0.2) is 0 Å². The van der Waals surface area contributed by atoms with Gasteiger partial charge in [0.1, 0.15) is 11.2 Å². The van der Waals surface area contributed by atoms with Crippen LogP contribution in [0.25, 0.3) is 0 Å². The normalized spacial score (nSPS) is 10.9. The number of methoxy groups -OCH3 is 1. The molecule has 0 radical (unpaired) electrons. The number of hydrogen-bond acceptors (Lipinski definition) is 4. The van der Waals surface area contributed by atoms with Crippen molar-refractivity contribution in [1.82, 2.24) is 5.32 Å². The van der Waals surface area contributed by atoms with E-state index in [2.05, 4.69) is 10.6 Å². The van der Waals surface area contributed by atoms with Gasteiger partial charge < -0.3 is 15.4 Å². The Balaban J connectivity index is 1.96. The maximum Gasteiger partial charge on any atom is 0.239 e. The Bertz CT molecular complexity index is 874. The molecule has 0 saturated heterocycles. The Kier molecular flexibility index (Phi) is 6.93. The van der Waals surface area contributed by atoms with E-state index in [0.717, 1.165) is 11.3 Å². The van der Waals surface area contributed by atoms with Gasteiger partial charge in [0.05, 0.1) is 7.11 Å². The van der Waals surface area contributed by atoms with Crippen molar-refractivity contribution < 1.29 is 19.1 Å². The third-order valence-corrected chi connectivity index (χ3v) is 4.53. The molecule has 2 rings (SSSR count). The zero-order chi connectivity index (χ0) is 20.7. The van der Waals surface area contributed by atoms with Crippen LogP contribution in [0.15, 0.2) is 48.5 Å². The highest BCUT2D eigenvalue weighted by atomic mass is 16.5. The van der Waals surface area contributed by atoms with Crippen molar-refractivity contribution in [1.29, 1.82) is 0 Å². The molecule has 0 aliphatic heterocycles. The lowest BCUT2D eigenvalue weighted by molar-refractivity contribution is -0.138. The summed E-state index contributed by atoms with van der Waals surface area (Å²) in [5.74, 6) is -0.144. The molecule has 2 amide bonds. The van der Waals surface area contributed by atoms with Crippen molar-refractivity contribution in [3.8, 4) is 5.75 Å². The van der Waals surface area contributed by atoms with Crippen LogP contribution >= 0.6 is 0 Å². The molecule has 0 aliphatic rings. The quantitative estimate of drug-likeness (QED) is 0.542. The number of para-hydroxylation sites is 1. The molecule has 6 heteroatoms. The maximum atomic E-state index is 12.6. The lowest BCUT2D eigenvalue weighted by atomic mass is 9.90. The fourth-order valence-corrected chi connectivity index (χ4v) is 2.65. The number of Topliss-reactive ketones (excluding diaryl/α,β-unsaturated/α-hetero) is 1. The number of amides is 2. The molecule has 0 aromatic heterocycles. The summed E-state index contributed by atoms with van der Waals surface area (Å²) in [5.41, 5.74) is 0.686. The second kappa shape index (κ2) is 9.17. The molecular weight excluding hydrogens is 356 g/mol. The van der Waals surface area contributed by atoms with E-state index in [-0.39, 0.29) is 11.7 Å². The number of ketones is 1. The molecule has 0 bridgehead atoms. The van der Waals surface area contributed by atoms with Gasteiger partial charge in [0.2, 0.25) is 11.8 Å². The maximum absolute atomic E-state index is 12.6. The number of carbonyl (C=O) groups is 3. The van der Waals surface area contributed by atoms with E-state index < -0.39 is 11.3 Å². The van der Waals surface area contributed by atoms with E-state index in [0.29, 0.717) is 24.2 Å². The van der Waals surface area contributed by atoms with Gasteiger partial charge in [-0.1, -0.05) is 30.3 Å². The highest BCUT2D eigenvalue weighted by Crippen LogP contribution is 2.21. The zero-order valence-electron chi connectivity index (χ0n) is 16.7. The summed E-state index contributed by atoms with van der Waals surface area (Å²) in [4.78, 5) is 36.7. The Morgan fingerprint density at radius 1 is 1.00 bits per heavy atom. The highest BCUT2D eigenvalue weighted by molar-refractivity contribution is 6.10.